The van der Waals surface area contributed by atoms with Gasteiger partial charge >= 0.3 is 6.18 Å². The fraction of sp³-hybridized carbons (Fsp3) is 1.00. The summed E-state index contributed by atoms with van der Waals surface area (Å²) in [6, 6.07) is 0.111. The lowest BCUT2D eigenvalue weighted by molar-refractivity contribution is -0.109. The Morgan fingerprint density at radius 3 is 2.29 bits per heavy atom. The predicted molar refractivity (Wildman–Crippen MR) is 51.7 cm³/mol. The van der Waals surface area contributed by atoms with Crippen LogP contribution >= 0.6 is 0 Å². The van der Waals surface area contributed by atoms with E-state index in [-0.39, 0.29) is 9.52 Å². The molecule has 0 N–H and O–H groups in total. The molecule has 0 aromatic carbocycles. The molecule has 0 bridgehead atoms. The molecule has 1 aliphatic heterocycles. The van der Waals surface area contributed by atoms with Gasteiger partial charge in [0.05, 0.1) is 9.52 Å². The van der Waals surface area contributed by atoms with Gasteiger partial charge in [0.2, 0.25) is 0 Å². The Balaban J connectivity index is 1.97. The van der Waals surface area contributed by atoms with Gasteiger partial charge in [-0.15, -0.1) is 0 Å². The first-order valence-electron chi connectivity index (χ1n) is 5.08. The van der Waals surface area contributed by atoms with Crippen LogP contribution in [0.1, 0.15) is 19.3 Å². The molecular formula is C9H16F3NSi. The number of piperidine rings is 1. The molecule has 1 heterocycles. The van der Waals surface area contributed by atoms with E-state index in [2.05, 4.69) is 4.90 Å². The number of hydrogen-bond acceptors (Lipinski definition) is 1. The molecule has 5 heteroatoms. The Morgan fingerprint density at radius 1 is 1.07 bits per heavy atom. The van der Waals surface area contributed by atoms with Crippen molar-refractivity contribution in [1.29, 1.82) is 0 Å². The fourth-order valence-corrected chi connectivity index (χ4v) is 2.58. The summed E-state index contributed by atoms with van der Waals surface area (Å²) in [4.78, 5) is 2.28. The summed E-state index contributed by atoms with van der Waals surface area (Å²) in [5, 5.41) is 0. The number of hydrogen-bond donors (Lipinski definition) is 0. The van der Waals surface area contributed by atoms with Gasteiger partial charge in [0.25, 0.3) is 0 Å². The van der Waals surface area contributed by atoms with E-state index >= 15 is 0 Å². The molecule has 0 aromatic heterocycles. The molecule has 0 aromatic rings. The van der Waals surface area contributed by atoms with Crippen LogP contribution in [0.4, 0.5) is 13.2 Å². The Labute approximate surface area is 85.5 Å². The zero-order valence-corrected chi connectivity index (χ0v) is 9.24. The second-order valence-corrected chi connectivity index (χ2v) is 5.05. The van der Waals surface area contributed by atoms with E-state index in [1.165, 1.54) is 19.3 Å². The van der Waals surface area contributed by atoms with Crippen molar-refractivity contribution in [3.63, 3.8) is 0 Å². The lowest BCUT2D eigenvalue weighted by atomic mass is 10.1. The van der Waals surface area contributed by atoms with Crippen LogP contribution in [-0.4, -0.2) is 40.2 Å². The lowest BCUT2D eigenvalue weighted by Crippen LogP contribution is -2.31. The highest BCUT2D eigenvalue weighted by molar-refractivity contribution is 6.35. The molecule has 1 saturated heterocycles. The molecule has 0 saturated carbocycles. The standard InChI is InChI=1S/C9H16F3NSi/c10-9(11,12)8-14-7-6-13-4-2-1-3-5-13/h1-8H2. The number of halogens is 3. The summed E-state index contributed by atoms with van der Waals surface area (Å²) in [5.41, 5.74) is 0. The summed E-state index contributed by atoms with van der Waals surface area (Å²) in [6.45, 7) is 3.02. The molecule has 1 aliphatic rings. The van der Waals surface area contributed by atoms with Crippen molar-refractivity contribution in [2.45, 2.75) is 37.5 Å². The van der Waals surface area contributed by atoms with E-state index in [0.717, 1.165) is 19.6 Å². The van der Waals surface area contributed by atoms with E-state index in [9.17, 15) is 13.2 Å². The molecule has 0 aliphatic carbocycles. The van der Waals surface area contributed by atoms with Gasteiger partial charge in [-0.3, -0.25) is 0 Å². The third-order valence-corrected chi connectivity index (χ3v) is 3.61. The number of rotatable bonds is 4. The topological polar surface area (TPSA) is 3.24 Å². The fourth-order valence-electron chi connectivity index (χ4n) is 1.65. The van der Waals surface area contributed by atoms with Gasteiger partial charge in [-0.1, -0.05) is 6.42 Å². The molecule has 1 rings (SSSR count). The summed E-state index contributed by atoms with van der Waals surface area (Å²) in [6.07, 6.45) is -0.257. The van der Waals surface area contributed by atoms with E-state index < -0.39 is 12.2 Å². The van der Waals surface area contributed by atoms with Gasteiger partial charge in [-0.05, 0) is 38.5 Å². The molecule has 14 heavy (non-hydrogen) atoms. The van der Waals surface area contributed by atoms with Crippen molar-refractivity contribution >= 4 is 9.52 Å². The van der Waals surface area contributed by atoms with Crippen LogP contribution < -0.4 is 0 Å². The van der Waals surface area contributed by atoms with Crippen LogP contribution in [0.15, 0.2) is 0 Å². The van der Waals surface area contributed by atoms with Crippen molar-refractivity contribution in [2.24, 2.45) is 0 Å². The minimum Gasteiger partial charge on any atom is -0.304 e. The molecule has 82 valence electrons. The van der Waals surface area contributed by atoms with Crippen molar-refractivity contribution < 1.29 is 13.2 Å². The highest BCUT2D eigenvalue weighted by Crippen LogP contribution is 2.20. The largest absolute Gasteiger partial charge is 0.386 e. The first-order valence-corrected chi connectivity index (χ1v) is 6.49. The minimum absolute atomic E-state index is 0.0413. The quantitative estimate of drug-likeness (QED) is 0.523. The van der Waals surface area contributed by atoms with Crippen molar-refractivity contribution in [2.75, 3.05) is 19.6 Å². The van der Waals surface area contributed by atoms with Crippen LogP contribution in [0, 0.1) is 0 Å². The first-order chi connectivity index (χ1) is 6.58. The molecule has 0 spiro atoms. The Kier molecular flexibility index (Phi) is 4.95. The third kappa shape index (κ3) is 5.65. The third-order valence-electron chi connectivity index (χ3n) is 2.38. The highest BCUT2D eigenvalue weighted by atomic mass is 28.2. The summed E-state index contributed by atoms with van der Waals surface area (Å²) < 4.78 is 35.4. The number of nitrogens with zero attached hydrogens (tertiary/aromatic N) is 1. The summed E-state index contributed by atoms with van der Waals surface area (Å²) >= 11 is 0. The van der Waals surface area contributed by atoms with Crippen LogP contribution in [0.25, 0.3) is 0 Å². The first kappa shape index (κ1) is 12.0. The van der Waals surface area contributed by atoms with Gasteiger partial charge in [-0.2, -0.15) is 13.2 Å². The summed E-state index contributed by atoms with van der Waals surface area (Å²) in [7, 11) is 0.0413. The van der Waals surface area contributed by atoms with Crippen LogP contribution in [0.3, 0.4) is 0 Å². The molecular weight excluding hydrogens is 207 g/mol. The average Bonchev–Trinajstić information content (AvgIpc) is 2.13. The summed E-state index contributed by atoms with van der Waals surface area (Å²) in [5.74, 6) is 0. The van der Waals surface area contributed by atoms with E-state index in [4.69, 9.17) is 0 Å². The van der Waals surface area contributed by atoms with Crippen LogP contribution in [-0.2, 0) is 0 Å². The Bertz CT molecular complexity index is 155. The molecule has 0 amide bonds. The van der Waals surface area contributed by atoms with E-state index in [0.29, 0.717) is 6.04 Å². The lowest BCUT2D eigenvalue weighted by Gasteiger charge is -2.26. The predicted octanol–water partition coefficient (Wildman–Crippen LogP) is 2.58. The van der Waals surface area contributed by atoms with Crippen molar-refractivity contribution in [3.8, 4) is 0 Å². The van der Waals surface area contributed by atoms with Crippen molar-refractivity contribution in [1.82, 2.24) is 4.90 Å². The number of likely N-dealkylation sites (tertiary alicyclic amines) is 1. The van der Waals surface area contributed by atoms with Gasteiger partial charge in [0.15, 0.2) is 0 Å². The minimum atomic E-state index is -3.96. The molecule has 0 atom stereocenters. The second kappa shape index (κ2) is 5.75. The van der Waals surface area contributed by atoms with Gasteiger partial charge in [-0.25, -0.2) is 0 Å². The van der Waals surface area contributed by atoms with E-state index in [1.807, 2.05) is 0 Å². The zero-order valence-electron chi connectivity index (χ0n) is 8.24. The maximum Gasteiger partial charge on any atom is 0.386 e. The Morgan fingerprint density at radius 2 is 1.71 bits per heavy atom. The molecule has 0 unspecified atom stereocenters. The van der Waals surface area contributed by atoms with Crippen LogP contribution in [0.5, 0.6) is 0 Å². The molecule has 2 radical (unpaired) electrons. The van der Waals surface area contributed by atoms with Crippen molar-refractivity contribution in [3.05, 3.63) is 0 Å². The maximum atomic E-state index is 11.8. The number of alkyl halides is 3. The van der Waals surface area contributed by atoms with E-state index in [1.54, 1.807) is 0 Å². The Hall–Kier alpha value is -0.0331. The van der Waals surface area contributed by atoms with Gasteiger partial charge in [0, 0.05) is 6.04 Å². The van der Waals surface area contributed by atoms with Gasteiger partial charge in [0.1, 0.15) is 0 Å². The molecule has 1 nitrogen and oxygen atoms in total. The average molecular weight is 223 g/mol. The second-order valence-electron chi connectivity index (χ2n) is 3.69. The molecule has 1 fully saturated rings. The maximum absolute atomic E-state index is 11.8. The zero-order chi connectivity index (χ0) is 10.4. The van der Waals surface area contributed by atoms with Gasteiger partial charge < -0.3 is 4.90 Å². The monoisotopic (exact) mass is 223 g/mol. The highest BCUT2D eigenvalue weighted by Gasteiger charge is 2.26. The SMILES string of the molecule is FC(F)(F)C[Si]CCN1CCCCC1. The normalized spacial score (nSPS) is 19.9. The van der Waals surface area contributed by atoms with Crippen LogP contribution in [0.2, 0.25) is 12.1 Å². The smallest absolute Gasteiger partial charge is 0.304 e.